The molecule has 0 spiro atoms. The summed E-state index contributed by atoms with van der Waals surface area (Å²) in [7, 11) is 1.88. The second-order valence-corrected chi connectivity index (χ2v) is 9.60. The average molecular weight is 514 g/mol. The van der Waals surface area contributed by atoms with Crippen molar-refractivity contribution in [2.75, 3.05) is 12.5 Å². The Morgan fingerprint density at radius 3 is 2.43 bits per heavy atom. The maximum absolute atomic E-state index is 13.0. The van der Waals surface area contributed by atoms with Crippen LogP contribution in [0.25, 0.3) is 21.8 Å². The van der Waals surface area contributed by atoms with Crippen LogP contribution in [0, 0.1) is 0 Å². The van der Waals surface area contributed by atoms with Crippen LogP contribution in [0.2, 0.25) is 0 Å². The van der Waals surface area contributed by atoms with Gasteiger partial charge < -0.3 is 23.9 Å². The second kappa shape index (κ2) is 9.62. The van der Waals surface area contributed by atoms with Gasteiger partial charge in [-0.1, -0.05) is 42.1 Å². The van der Waals surface area contributed by atoms with Crippen LogP contribution in [0.4, 0.5) is 0 Å². The number of carbonyl (C=O) groups excluding carboxylic acids is 1. The van der Waals surface area contributed by atoms with E-state index in [2.05, 4.69) is 20.1 Å². The number of benzene rings is 3. The number of hydrogen-bond acceptors (Lipinski definition) is 7. The third-order valence-corrected chi connectivity index (χ3v) is 7.38. The van der Waals surface area contributed by atoms with E-state index in [1.165, 1.54) is 11.8 Å². The molecule has 0 unspecified atom stereocenters. The number of nitrogens with zero attached hydrogens (tertiary/aromatic N) is 4. The van der Waals surface area contributed by atoms with E-state index in [9.17, 15) is 9.59 Å². The minimum absolute atomic E-state index is 0.0171. The Bertz CT molecular complexity index is 1650. The van der Waals surface area contributed by atoms with Gasteiger partial charge in [0.1, 0.15) is 0 Å². The molecule has 37 heavy (non-hydrogen) atoms. The number of fused-ring (bicyclic) bond motifs is 3. The molecule has 0 atom stereocenters. The molecule has 0 fully saturated rings. The van der Waals surface area contributed by atoms with Crippen molar-refractivity contribution in [1.82, 2.24) is 24.6 Å². The zero-order chi connectivity index (χ0) is 25.4. The van der Waals surface area contributed by atoms with Gasteiger partial charge in [-0.05, 0) is 42.0 Å². The summed E-state index contributed by atoms with van der Waals surface area (Å²) in [4.78, 5) is 25.5. The van der Waals surface area contributed by atoms with E-state index in [-0.39, 0.29) is 23.9 Å². The minimum Gasteiger partial charge on any atom is -0.454 e. The van der Waals surface area contributed by atoms with Crippen LogP contribution < -0.4 is 20.2 Å². The molecule has 0 bridgehead atoms. The fourth-order valence-corrected chi connectivity index (χ4v) is 5.19. The van der Waals surface area contributed by atoms with Gasteiger partial charge in [0, 0.05) is 24.4 Å². The van der Waals surface area contributed by atoms with Gasteiger partial charge in [0.25, 0.3) is 0 Å². The molecule has 3 heterocycles. The highest BCUT2D eigenvalue weighted by atomic mass is 32.2. The van der Waals surface area contributed by atoms with E-state index in [0.29, 0.717) is 40.5 Å². The minimum atomic E-state index is -0.107. The molecule has 5 aromatic rings. The fourth-order valence-electron chi connectivity index (χ4n) is 4.43. The lowest BCUT2D eigenvalue weighted by molar-refractivity contribution is -0.118. The highest BCUT2D eigenvalue weighted by Crippen LogP contribution is 2.32. The van der Waals surface area contributed by atoms with Gasteiger partial charge in [-0.15, -0.1) is 10.2 Å². The Kier molecular flexibility index (Phi) is 6.01. The fraction of sp³-hybridized carbons (Fsp3) is 0.185. The molecular formula is C27H23N5O4S. The summed E-state index contributed by atoms with van der Waals surface area (Å²) in [6.45, 7) is 1.05. The first kappa shape index (κ1) is 23.1. The average Bonchev–Trinajstić information content (AvgIpc) is 3.54. The number of hydrogen-bond donors (Lipinski definition) is 1. The Labute approximate surface area is 216 Å². The smallest absolute Gasteiger partial charge is 0.231 e. The molecule has 186 valence electrons. The molecule has 0 radical (unpaired) electrons. The zero-order valence-corrected chi connectivity index (χ0v) is 20.8. The second-order valence-electron chi connectivity index (χ2n) is 8.66. The van der Waals surface area contributed by atoms with Crippen LogP contribution in [-0.4, -0.2) is 37.8 Å². The van der Waals surface area contributed by atoms with Crippen molar-refractivity contribution in [2.24, 2.45) is 7.05 Å². The van der Waals surface area contributed by atoms with Crippen molar-refractivity contribution in [3.8, 4) is 11.5 Å². The molecule has 9 nitrogen and oxygen atoms in total. The van der Waals surface area contributed by atoms with Gasteiger partial charge >= 0.3 is 0 Å². The molecule has 10 heteroatoms. The lowest BCUT2D eigenvalue weighted by Gasteiger charge is -2.15. The molecule has 0 saturated heterocycles. The monoisotopic (exact) mass is 513 g/mol. The standard InChI is InChI=1S/C27H23N5O4S/c1-31-24(14-32-20-8-4-2-6-18(20)26(34)19-7-3-5-9-21(19)32)29-30-27(31)37-15-25(33)28-13-17-10-11-22-23(12-17)36-16-35-22/h2-12H,13-16H2,1H3,(H,28,33). The summed E-state index contributed by atoms with van der Waals surface area (Å²) in [5.41, 5.74) is 2.63. The molecule has 1 aliphatic heterocycles. The molecule has 6 rings (SSSR count). The molecule has 1 aliphatic rings. The highest BCUT2D eigenvalue weighted by molar-refractivity contribution is 7.99. The van der Waals surface area contributed by atoms with Crippen molar-refractivity contribution in [3.63, 3.8) is 0 Å². The van der Waals surface area contributed by atoms with Crippen LogP contribution in [-0.2, 0) is 24.9 Å². The summed E-state index contributed by atoms with van der Waals surface area (Å²) >= 11 is 1.32. The first-order chi connectivity index (χ1) is 18.1. The Hall–Kier alpha value is -4.31. The third-order valence-electron chi connectivity index (χ3n) is 6.36. The van der Waals surface area contributed by atoms with E-state index in [1.807, 2.05) is 78.3 Å². The van der Waals surface area contributed by atoms with Crippen LogP contribution in [0.3, 0.4) is 0 Å². The maximum Gasteiger partial charge on any atom is 0.231 e. The zero-order valence-electron chi connectivity index (χ0n) is 20.0. The molecule has 1 N–H and O–H groups in total. The van der Waals surface area contributed by atoms with Crippen molar-refractivity contribution in [3.05, 3.63) is 88.3 Å². The third kappa shape index (κ3) is 4.40. The van der Waals surface area contributed by atoms with Crippen molar-refractivity contribution >= 4 is 39.5 Å². The van der Waals surface area contributed by atoms with Gasteiger partial charge in [0.2, 0.25) is 12.7 Å². The Morgan fingerprint density at radius 2 is 1.68 bits per heavy atom. The first-order valence-electron chi connectivity index (χ1n) is 11.7. The normalized spacial score (nSPS) is 12.4. The molecule has 0 aliphatic carbocycles. The number of para-hydroxylation sites is 2. The number of ether oxygens (including phenoxy) is 2. The summed E-state index contributed by atoms with van der Waals surface area (Å²) in [5.74, 6) is 2.23. The van der Waals surface area contributed by atoms with Gasteiger partial charge in [0.15, 0.2) is 27.9 Å². The van der Waals surface area contributed by atoms with Crippen molar-refractivity contribution in [1.29, 1.82) is 0 Å². The number of rotatable bonds is 7. The van der Waals surface area contributed by atoms with Gasteiger partial charge in [0.05, 0.1) is 23.3 Å². The maximum atomic E-state index is 13.0. The topological polar surface area (TPSA) is 100 Å². The highest BCUT2D eigenvalue weighted by Gasteiger charge is 2.16. The molecule has 0 saturated carbocycles. The number of nitrogens with one attached hydrogen (secondary N) is 1. The summed E-state index contributed by atoms with van der Waals surface area (Å²) in [5, 5.41) is 13.6. The van der Waals surface area contributed by atoms with Crippen molar-refractivity contribution in [2.45, 2.75) is 18.2 Å². The summed E-state index contributed by atoms with van der Waals surface area (Å²) in [6, 6.07) is 20.8. The number of pyridine rings is 1. The number of amides is 1. The Morgan fingerprint density at radius 1 is 0.973 bits per heavy atom. The lowest BCUT2D eigenvalue weighted by atomic mass is 10.1. The van der Waals surface area contributed by atoms with Crippen LogP contribution in [0.5, 0.6) is 11.5 Å². The molecule has 1 amide bonds. The molecular weight excluding hydrogens is 490 g/mol. The van der Waals surface area contributed by atoms with Crippen molar-refractivity contribution < 1.29 is 14.3 Å². The molecule has 3 aromatic carbocycles. The lowest BCUT2D eigenvalue weighted by Crippen LogP contribution is -2.24. The van der Waals surface area contributed by atoms with Gasteiger partial charge in [-0.2, -0.15) is 0 Å². The number of carbonyl (C=O) groups is 1. The summed E-state index contributed by atoms with van der Waals surface area (Å²) < 4.78 is 14.7. The quantitative estimate of drug-likeness (QED) is 0.263. The predicted molar refractivity (Wildman–Crippen MR) is 141 cm³/mol. The first-order valence-corrected chi connectivity index (χ1v) is 12.7. The van der Waals surface area contributed by atoms with E-state index in [4.69, 9.17) is 9.47 Å². The van der Waals surface area contributed by atoms with E-state index >= 15 is 0 Å². The molecule has 2 aromatic heterocycles. The van der Waals surface area contributed by atoms with E-state index in [1.54, 1.807) is 0 Å². The Balaban J connectivity index is 1.16. The number of aromatic nitrogens is 4. The largest absolute Gasteiger partial charge is 0.454 e. The van der Waals surface area contributed by atoms with Crippen LogP contribution in [0.1, 0.15) is 11.4 Å². The van der Waals surface area contributed by atoms with E-state index in [0.717, 1.165) is 22.4 Å². The van der Waals surface area contributed by atoms with E-state index < -0.39 is 0 Å². The van der Waals surface area contributed by atoms with Crippen LogP contribution >= 0.6 is 11.8 Å². The van der Waals surface area contributed by atoms with Gasteiger partial charge in [-0.25, -0.2) is 0 Å². The van der Waals surface area contributed by atoms with Gasteiger partial charge in [-0.3, -0.25) is 9.59 Å². The van der Waals surface area contributed by atoms with Crippen LogP contribution in [0.15, 0.2) is 76.7 Å². The number of thioether (sulfide) groups is 1. The SMILES string of the molecule is Cn1c(Cn2c3ccccc3c(=O)c3ccccc32)nnc1SCC(=O)NCc1ccc2c(c1)OCO2. The summed E-state index contributed by atoms with van der Waals surface area (Å²) in [6.07, 6.45) is 0. The predicted octanol–water partition coefficient (Wildman–Crippen LogP) is 3.47.